The van der Waals surface area contributed by atoms with Gasteiger partial charge in [-0.3, -0.25) is 4.68 Å². The largest absolute Gasteiger partial charge is 0.315 e. The third-order valence-electron chi connectivity index (χ3n) is 4.92. The minimum atomic E-state index is -3.14. The Bertz CT molecular complexity index is 571. The van der Waals surface area contributed by atoms with E-state index < -0.39 is 14.6 Å². The lowest BCUT2D eigenvalue weighted by Gasteiger charge is -2.32. The van der Waals surface area contributed by atoms with Crippen LogP contribution in [-0.4, -0.2) is 42.3 Å². The van der Waals surface area contributed by atoms with Gasteiger partial charge in [-0.05, 0) is 39.8 Å². The van der Waals surface area contributed by atoms with Gasteiger partial charge in [0.25, 0.3) is 0 Å². The minimum Gasteiger partial charge on any atom is -0.315 e. The summed E-state index contributed by atoms with van der Waals surface area (Å²) in [6.45, 7) is 3.55. The molecule has 1 atom stereocenters. The topological polar surface area (TPSA) is 64.0 Å². The van der Waals surface area contributed by atoms with E-state index in [0.29, 0.717) is 12.5 Å². The van der Waals surface area contributed by atoms with Crippen molar-refractivity contribution in [3.05, 3.63) is 18.0 Å². The molecule has 2 rings (SSSR count). The molecule has 1 fully saturated rings. The van der Waals surface area contributed by atoms with Crippen LogP contribution in [0.1, 0.15) is 51.3 Å². The van der Waals surface area contributed by atoms with Crippen LogP contribution in [0.25, 0.3) is 0 Å². The predicted octanol–water partition coefficient (Wildman–Crippen LogP) is 1.95. The number of aromatic nitrogens is 2. The predicted molar refractivity (Wildman–Crippen MR) is 85.2 cm³/mol. The summed E-state index contributed by atoms with van der Waals surface area (Å²) in [5.41, 5.74) is 0.956. The van der Waals surface area contributed by atoms with Crippen molar-refractivity contribution in [3.63, 3.8) is 0 Å². The average Bonchev–Trinajstić information content (AvgIpc) is 3.05. The summed E-state index contributed by atoms with van der Waals surface area (Å²) in [5.74, 6) is 0. The highest BCUT2D eigenvalue weighted by molar-refractivity contribution is 7.92. The Morgan fingerprint density at radius 2 is 2.05 bits per heavy atom. The van der Waals surface area contributed by atoms with Gasteiger partial charge in [-0.1, -0.05) is 12.8 Å². The second-order valence-corrected chi connectivity index (χ2v) is 9.24. The van der Waals surface area contributed by atoms with Gasteiger partial charge in [0, 0.05) is 24.9 Å². The van der Waals surface area contributed by atoms with Crippen LogP contribution < -0.4 is 5.32 Å². The Morgan fingerprint density at radius 1 is 1.43 bits per heavy atom. The Morgan fingerprint density at radius 3 is 2.57 bits per heavy atom. The first-order chi connectivity index (χ1) is 9.75. The molecule has 1 aromatic heterocycles. The standard InChI is InChI=1S/C15H27N3O2S/c1-15(2,21(4,19)20)14(16-3)11-12-9-10-18(17-12)13-7-5-6-8-13/h9-10,13-14,16H,5-8,11H2,1-4H3. The molecular weight excluding hydrogens is 286 g/mol. The summed E-state index contributed by atoms with van der Waals surface area (Å²) >= 11 is 0. The lowest BCUT2D eigenvalue weighted by Crippen LogP contribution is -2.51. The van der Waals surface area contributed by atoms with E-state index >= 15 is 0 Å². The molecule has 21 heavy (non-hydrogen) atoms. The number of sulfone groups is 1. The minimum absolute atomic E-state index is 0.153. The maximum absolute atomic E-state index is 12.0. The number of nitrogens with zero attached hydrogens (tertiary/aromatic N) is 2. The van der Waals surface area contributed by atoms with E-state index in [9.17, 15) is 8.42 Å². The number of hydrogen-bond donors (Lipinski definition) is 1. The molecule has 0 spiro atoms. The molecule has 1 unspecified atom stereocenters. The van der Waals surface area contributed by atoms with E-state index in [0.717, 1.165) is 5.69 Å². The van der Waals surface area contributed by atoms with Crippen LogP contribution in [0.2, 0.25) is 0 Å². The molecule has 1 aromatic rings. The molecule has 0 amide bonds. The quantitative estimate of drug-likeness (QED) is 0.872. The zero-order valence-electron chi connectivity index (χ0n) is 13.5. The van der Waals surface area contributed by atoms with Gasteiger partial charge in [0.1, 0.15) is 0 Å². The van der Waals surface area contributed by atoms with Crippen molar-refractivity contribution in [1.29, 1.82) is 0 Å². The molecule has 1 heterocycles. The van der Waals surface area contributed by atoms with E-state index in [1.165, 1.54) is 31.9 Å². The van der Waals surface area contributed by atoms with Crippen LogP contribution in [0.3, 0.4) is 0 Å². The SMILES string of the molecule is CNC(Cc1ccn(C2CCCC2)n1)C(C)(C)S(C)(=O)=O. The van der Waals surface area contributed by atoms with Crippen molar-refractivity contribution in [2.24, 2.45) is 0 Å². The number of rotatable bonds is 6. The number of nitrogens with one attached hydrogen (secondary N) is 1. The molecule has 1 aliphatic carbocycles. The fraction of sp³-hybridized carbons (Fsp3) is 0.800. The van der Waals surface area contributed by atoms with Gasteiger partial charge in [0.15, 0.2) is 9.84 Å². The molecule has 0 radical (unpaired) electrons. The molecular formula is C15H27N3O2S. The molecule has 1 N–H and O–H groups in total. The van der Waals surface area contributed by atoms with Crippen molar-refractivity contribution in [1.82, 2.24) is 15.1 Å². The number of hydrogen-bond acceptors (Lipinski definition) is 4. The third kappa shape index (κ3) is 3.48. The Hall–Kier alpha value is -0.880. The van der Waals surface area contributed by atoms with Gasteiger partial charge >= 0.3 is 0 Å². The van der Waals surface area contributed by atoms with Crippen molar-refractivity contribution in [2.75, 3.05) is 13.3 Å². The summed E-state index contributed by atoms with van der Waals surface area (Å²) in [5, 5.41) is 7.81. The molecule has 1 saturated carbocycles. The van der Waals surface area contributed by atoms with Crippen LogP contribution in [0.4, 0.5) is 0 Å². The van der Waals surface area contributed by atoms with Crippen LogP contribution in [-0.2, 0) is 16.3 Å². The van der Waals surface area contributed by atoms with Gasteiger partial charge in [-0.15, -0.1) is 0 Å². The highest BCUT2D eigenvalue weighted by Gasteiger charge is 2.38. The molecule has 1 aliphatic rings. The lowest BCUT2D eigenvalue weighted by atomic mass is 9.98. The Kier molecular flexibility index (Phi) is 4.78. The average molecular weight is 313 g/mol. The maximum Gasteiger partial charge on any atom is 0.154 e. The first-order valence-electron chi connectivity index (χ1n) is 7.66. The Balaban J connectivity index is 2.12. The van der Waals surface area contributed by atoms with Crippen molar-refractivity contribution in [3.8, 4) is 0 Å². The third-order valence-corrected chi connectivity index (χ3v) is 7.11. The smallest absolute Gasteiger partial charge is 0.154 e. The molecule has 5 nitrogen and oxygen atoms in total. The van der Waals surface area contributed by atoms with Crippen molar-refractivity contribution in [2.45, 2.75) is 62.8 Å². The highest BCUT2D eigenvalue weighted by Crippen LogP contribution is 2.29. The highest BCUT2D eigenvalue weighted by atomic mass is 32.2. The van der Waals surface area contributed by atoms with Crippen molar-refractivity contribution < 1.29 is 8.42 Å². The van der Waals surface area contributed by atoms with Crippen molar-refractivity contribution >= 4 is 9.84 Å². The number of likely N-dealkylation sites (N-methyl/N-ethyl adjacent to an activating group) is 1. The Labute approximate surface area is 128 Å². The summed E-state index contributed by atoms with van der Waals surface area (Å²) in [6.07, 6.45) is 8.91. The zero-order chi connectivity index (χ0) is 15.7. The summed E-state index contributed by atoms with van der Waals surface area (Å²) in [7, 11) is -1.33. The van der Waals surface area contributed by atoms with Gasteiger partial charge in [0.2, 0.25) is 0 Å². The van der Waals surface area contributed by atoms with Crippen LogP contribution in [0, 0.1) is 0 Å². The van der Waals surface area contributed by atoms with Crippen LogP contribution >= 0.6 is 0 Å². The van der Waals surface area contributed by atoms with E-state index in [1.807, 2.05) is 19.3 Å². The second kappa shape index (κ2) is 6.08. The molecule has 120 valence electrons. The van der Waals surface area contributed by atoms with E-state index in [-0.39, 0.29) is 6.04 Å². The normalized spacial score (nSPS) is 19.0. The van der Waals surface area contributed by atoms with E-state index in [2.05, 4.69) is 15.1 Å². The van der Waals surface area contributed by atoms with Crippen LogP contribution in [0.5, 0.6) is 0 Å². The first-order valence-corrected chi connectivity index (χ1v) is 9.55. The van der Waals surface area contributed by atoms with E-state index in [1.54, 1.807) is 13.8 Å². The van der Waals surface area contributed by atoms with Gasteiger partial charge < -0.3 is 5.32 Å². The molecule has 0 saturated heterocycles. The fourth-order valence-electron chi connectivity index (χ4n) is 3.02. The molecule has 0 aliphatic heterocycles. The van der Waals surface area contributed by atoms with Crippen LogP contribution in [0.15, 0.2) is 12.3 Å². The van der Waals surface area contributed by atoms with Gasteiger partial charge in [-0.2, -0.15) is 5.10 Å². The molecule has 6 heteroatoms. The summed E-state index contributed by atoms with van der Waals surface area (Å²) < 4.78 is 25.2. The fourth-order valence-corrected chi connectivity index (χ4v) is 3.74. The first kappa shape index (κ1) is 16.5. The molecule has 0 bridgehead atoms. The van der Waals surface area contributed by atoms with Gasteiger partial charge in [-0.25, -0.2) is 8.42 Å². The second-order valence-electron chi connectivity index (χ2n) is 6.65. The zero-order valence-corrected chi connectivity index (χ0v) is 14.3. The monoisotopic (exact) mass is 313 g/mol. The van der Waals surface area contributed by atoms with Gasteiger partial charge in [0.05, 0.1) is 16.5 Å². The maximum atomic E-state index is 12.0. The summed E-state index contributed by atoms with van der Waals surface area (Å²) in [4.78, 5) is 0. The molecule has 0 aromatic carbocycles. The van der Waals surface area contributed by atoms with E-state index in [4.69, 9.17) is 0 Å². The lowest BCUT2D eigenvalue weighted by molar-refractivity contribution is 0.419. The summed E-state index contributed by atoms with van der Waals surface area (Å²) in [6, 6.07) is 2.38.